The minimum absolute atomic E-state index is 0.0411. The lowest BCUT2D eigenvalue weighted by atomic mass is 10.2. The number of fused-ring (bicyclic) bond motifs is 1. The summed E-state index contributed by atoms with van der Waals surface area (Å²) in [5, 5.41) is 7.30. The van der Waals surface area contributed by atoms with Crippen molar-refractivity contribution in [2.24, 2.45) is 0 Å². The van der Waals surface area contributed by atoms with Gasteiger partial charge in [-0.1, -0.05) is 0 Å². The van der Waals surface area contributed by atoms with Crippen molar-refractivity contribution in [3.05, 3.63) is 23.8 Å². The van der Waals surface area contributed by atoms with Gasteiger partial charge in [-0.3, -0.25) is 19.2 Å². The molecule has 0 aromatic heterocycles. The molecule has 0 bridgehead atoms. The summed E-state index contributed by atoms with van der Waals surface area (Å²) in [6.07, 6.45) is 0. The van der Waals surface area contributed by atoms with E-state index in [4.69, 9.17) is 14.2 Å². The van der Waals surface area contributed by atoms with E-state index < -0.39 is 30.9 Å². The monoisotopic (exact) mass is 379 g/mol. The number of benzene rings is 1. The first-order chi connectivity index (χ1) is 12.8. The molecule has 0 saturated carbocycles. The number of esters is 1. The van der Waals surface area contributed by atoms with Crippen molar-refractivity contribution in [2.75, 3.05) is 26.5 Å². The van der Waals surface area contributed by atoms with Crippen LogP contribution in [0.1, 0.15) is 24.2 Å². The molecular formula is C17H21N3O7. The summed E-state index contributed by atoms with van der Waals surface area (Å²) in [6.45, 7) is 2.50. The first kappa shape index (κ1) is 20.0. The Balaban J connectivity index is 1.66. The fourth-order valence-electron chi connectivity index (χ4n) is 2.09. The SMILES string of the molecule is CC(C)NC(=O)CNC(=O)COC(=O)CNC(=O)c1ccc2c(c1)OCO2. The van der Waals surface area contributed by atoms with Crippen LogP contribution in [0.5, 0.6) is 11.5 Å². The number of hydrogen-bond acceptors (Lipinski definition) is 7. The van der Waals surface area contributed by atoms with Crippen LogP contribution < -0.4 is 25.4 Å². The molecule has 10 nitrogen and oxygen atoms in total. The van der Waals surface area contributed by atoms with Crippen LogP contribution in [0.25, 0.3) is 0 Å². The highest BCUT2D eigenvalue weighted by Gasteiger charge is 2.17. The summed E-state index contributed by atoms with van der Waals surface area (Å²) >= 11 is 0. The van der Waals surface area contributed by atoms with E-state index in [0.717, 1.165) is 0 Å². The minimum atomic E-state index is -0.786. The average molecular weight is 379 g/mol. The second-order valence-electron chi connectivity index (χ2n) is 5.91. The third kappa shape index (κ3) is 6.49. The van der Waals surface area contributed by atoms with Gasteiger partial charge in [0.25, 0.3) is 11.8 Å². The van der Waals surface area contributed by atoms with Crippen LogP contribution in [0.4, 0.5) is 0 Å². The molecule has 1 aliphatic rings. The number of amides is 3. The highest BCUT2D eigenvalue weighted by atomic mass is 16.7. The van der Waals surface area contributed by atoms with Gasteiger partial charge >= 0.3 is 5.97 Å². The standard InChI is InChI=1S/C17H21N3O7/c1-10(2)20-14(21)6-18-15(22)8-25-16(23)7-19-17(24)11-3-4-12-13(5-11)27-9-26-12/h3-5,10H,6-9H2,1-2H3,(H,18,22)(H,19,24)(H,20,21). The smallest absolute Gasteiger partial charge is 0.325 e. The molecule has 3 amide bonds. The Morgan fingerprint density at radius 3 is 2.52 bits per heavy atom. The molecule has 146 valence electrons. The van der Waals surface area contributed by atoms with Crippen LogP contribution in [0.3, 0.4) is 0 Å². The molecule has 1 heterocycles. The summed E-state index contributed by atoms with van der Waals surface area (Å²) in [7, 11) is 0. The summed E-state index contributed by atoms with van der Waals surface area (Å²) in [4.78, 5) is 46.5. The molecule has 0 atom stereocenters. The van der Waals surface area contributed by atoms with Crippen molar-refractivity contribution in [1.82, 2.24) is 16.0 Å². The van der Waals surface area contributed by atoms with E-state index in [1.165, 1.54) is 12.1 Å². The molecule has 0 aliphatic carbocycles. The third-order valence-electron chi connectivity index (χ3n) is 3.29. The third-order valence-corrected chi connectivity index (χ3v) is 3.29. The molecule has 27 heavy (non-hydrogen) atoms. The zero-order chi connectivity index (χ0) is 19.8. The highest BCUT2D eigenvalue weighted by Crippen LogP contribution is 2.32. The first-order valence-corrected chi connectivity index (χ1v) is 8.24. The molecule has 2 rings (SSSR count). The normalized spacial score (nSPS) is 11.7. The molecule has 0 radical (unpaired) electrons. The molecule has 0 fully saturated rings. The van der Waals surface area contributed by atoms with E-state index in [2.05, 4.69) is 16.0 Å². The van der Waals surface area contributed by atoms with Crippen molar-refractivity contribution >= 4 is 23.7 Å². The van der Waals surface area contributed by atoms with Crippen molar-refractivity contribution in [2.45, 2.75) is 19.9 Å². The number of carbonyl (C=O) groups is 4. The zero-order valence-electron chi connectivity index (χ0n) is 15.0. The molecule has 0 spiro atoms. The predicted molar refractivity (Wildman–Crippen MR) is 92.1 cm³/mol. The average Bonchev–Trinajstić information content (AvgIpc) is 3.09. The number of rotatable bonds is 8. The Labute approximate surface area is 155 Å². The maximum absolute atomic E-state index is 12.0. The van der Waals surface area contributed by atoms with E-state index in [9.17, 15) is 19.2 Å². The van der Waals surface area contributed by atoms with Gasteiger partial charge in [0.15, 0.2) is 18.1 Å². The van der Waals surface area contributed by atoms with Gasteiger partial charge in [-0.25, -0.2) is 0 Å². The summed E-state index contributed by atoms with van der Waals surface area (Å²) in [5.41, 5.74) is 0.293. The van der Waals surface area contributed by atoms with Crippen molar-refractivity contribution in [3.8, 4) is 11.5 Å². The van der Waals surface area contributed by atoms with Crippen molar-refractivity contribution in [1.29, 1.82) is 0 Å². The lowest BCUT2D eigenvalue weighted by Gasteiger charge is -2.10. The Morgan fingerprint density at radius 2 is 1.78 bits per heavy atom. The topological polar surface area (TPSA) is 132 Å². The molecular weight excluding hydrogens is 358 g/mol. The quantitative estimate of drug-likeness (QED) is 0.510. The lowest BCUT2D eigenvalue weighted by molar-refractivity contribution is -0.147. The largest absolute Gasteiger partial charge is 0.454 e. The number of ether oxygens (including phenoxy) is 3. The Kier molecular flexibility index (Phi) is 6.98. The second-order valence-corrected chi connectivity index (χ2v) is 5.91. The van der Waals surface area contributed by atoms with Gasteiger partial charge in [-0.2, -0.15) is 0 Å². The summed E-state index contributed by atoms with van der Waals surface area (Å²) in [5.74, 6) is -1.27. The maximum Gasteiger partial charge on any atom is 0.325 e. The Morgan fingerprint density at radius 1 is 1.04 bits per heavy atom. The molecule has 0 unspecified atom stereocenters. The lowest BCUT2D eigenvalue weighted by Crippen LogP contribution is -2.41. The van der Waals surface area contributed by atoms with Crippen LogP contribution in [-0.2, 0) is 19.1 Å². The molecule has 1 aliphatic heterocycles. The van der Waals surface area contributed by atoms with Crippen LogP contribution in [-0.4, -0.2) is 56.2 Å². The molecule has 10 heteroatoms. The van der Waals surface area contributed by atoms with Gasteiger partial charge in [-0.15, -0.1) is 0 Å². The fourth-order valence-corrected chi connectivity index (χ4v) is 2.09. The molecule has 3 N–H and O–H groups in total. The van der Waals surface area contributed by atoms with Gasteiger partial charge in [0, 0.05) is 11.6 Å². The molecule has 0 saturated heterocycles. The highest BCUT2D eigenvalue weighted by molar-refractivity contribution is 5.96. The van der Waals surface area contributed by atoms with E-state index >= 15 is 0 Å². The van der Waals surface area contributed by atoms with E-state index in [0.29, 0.717) is 17.1 Å². The predicted octanol–water partition coefficient (Wildman–Crippen LogP) is -0.671. The second kappa shape index (κ2) is 9.41. The van der Waals surface area contributed by atoms with Crippen molar-refractivity contribution < 1.29 is 33.4 Å². The van der Waals surface area contributed by atoms with E-state index in [-0.39, 0.29) is 25.3 Å². The van der Waals surface area contributed by atoms with Gasteiger partial charge < -0.3 is 30.2 Å². The molecule has 1 aromatic rings. The molecule has 1 aromatic carbocycles. The van der Waals surface area contributed by atoms with Gasteiger partial charge in [-0.05, 0) is 32.0 Å². The fraction of sp³-hybridized carbons (Fsp3) is 0.412. The van der Waals surface area contributed by atoms with Gasteiger partial charge in [0.05, 0.1) is 6.54 Å². The number of carbonyl (C=O) groups excluding carboxylic acids is 4. The Bertz CT molecular complexity index is 733. The zero-order valence-corrected chi connectivity index (χ0v) is 15.0. The summed E-state index contributed by atoms with van der Waals surface area (Å²) < 4.78 is 15.1. The number of hydrogen-bond donors (Lipinski definition) is 3. The van der Waals surface area contributed by atoms with Crippen LogP contribution in [0.2, 0.25) is 0 Å². The van der Waals surface area contributed by atoms with Crippen molar-refractivity contribution in [3.63, 3.8) is 0 Å². The van der Waals surface area contributed by atoms with E-state index in [1.807, 2.05) is 0 Å². The van der Waals surface area contributed by atoms with Crippen LogP contribution in [0.15, 0.2) is 18.2 Å². The minimum Gasteiger partial charge on any atom is -0.454 e. The number of nitrogens with one attached hydrogen (secondary N) is 3. The van der Waals surface area contributed by atoms with Crippen LogP contribution >= 0.6 is 0 Å². The van der Waals surface area contributed by atoms with Gasteiger partial charge in [0.2, 0.25) is 12.7 Å². The first-order valence-electron chi connectivity index (χ1n) is 8.24. The maximum atomic E-state index is 12.0. The van der Waals surface area contributed by atoms with Gasteiger partial charge in [0.1, 0.15) is 6.54 Å². The van der Waals surface area contributed by atoms with E-state index in [1.54, 1.807) is 19.9 Å². The van der Waals surface area contributed by atoms with Crippen LogP contribution in [0, 0.1) is 0 Å². The summed E-state index contributed by atoms with van der Waals surface area (Å²) in [6, 6.07) is 4.58. The Hall–Kier alpha value is -3.30.